The Bertz CT molecular complexity index is 621. The van der Waals surface area contributed by atoms with Gasteiger partial charge in [-0.05, 0) is 67.5 Å². The van der Waals surface area contributed by atoms with E-state index in [0.29, 0.717) is 12.1 Å². The van der Waals surface area contributed by atoms with Crippen molar-refractivity contribution in [1.82, 2.24) is 5.32 Å². The van der Waals surface area contributed by atoms with Crippen LogP contribution in [0.2, 0.25) is 0 Å². The van der Waals surface area contributed by atoms with Crippen LogP contribution in [0.3, 0.4) is 0 Å². The van der Waals surface area contributed by atoms with Crippen LogP contribution in [0.15, 0.2) is 46.9 Å². The summed E-state index contributed by atoms with van der Waals surface area (Å²) in [5.74, 6) is 0. The highest BCUT2D eigenvalue weighted by atomic mass is 79.9. The van der Waals surface area contributed by atoms with Crippen LogP contribution < -0.4 is 5.32 Å². The van der Waals surface area contributed by atoms with Gasteiger partial charge in [0.05, 0.1) is 0 Å². The van der Waals surface area contributed by atoms with E-state index in [-0.39, 0.29) is 0 Å². The van der Waals surface area contributed by atoms with Crippen molar-refractivity contribution in [3.8, 4) is 0 Å². The molecule has 0 saturated heterocycles. The van der Waals surface area contributed by atoms with E-state index >= 15 is 0 Å². The molecule has 21 heavy (non-hydrogen) atoms. The number of nitrogens with one attached hydrogen (secondary N) is 1. The van der Waals surface area contributed by atoms with Crippen molar-refractivity contribution in [2.45, 2.75) is 45.2 Å². The number of hydrogen-bond donors (Lipinski definition) is 1. The number of hydrogen-bond acceptors (Lipinski definition) is 1. The lowest BCUT2D eigenvalue weighted by molar-refractivity contribution is 0.413. The monoisotopic (exact) mass is 343 g/mol. The second kappa shape index (κ2) is 6.33. The Labute approximate surface area is 135 Å². The Morgan fingerprint density at radius 1 is 1.19 bits per heavy atom. The van der Waals surface area contributed by atoms with Crippen molar-refractivity contribution in [3.63, 3.8) is 0 Å². The molecule has 0 unspecified atom stereocenters. The normalized spacial score (nSPS) is 19.1. The van der Waals surface area contributed by atoms with Crippen molar-refractivity contribution < 1.29 is 0 Å². The fourth-order valence-corrected chi connectivity index (χ4v) is 4.02. The summed E-state index contributed by atoms with van der Waals surface area (Å²) in [4.78, 5) is 0. The third kappa shape index (κ3) is 3.38. The molecule has 2 aromatic carbocycles. The quantitative estimate of drug-likeness (QED) is 0.829. The molecule has 0 saturated carbocycles. The molecule has 0 heterocycles. The Kier molecular flexibility index (Phi) is 4.46. The van der Waals surface area contributed by atoms with E-state index in [2.05, 4.69) is 77.6 Å². The standard InChI is InChI=1S/C19H22BrN/c1-13-10-17(20)11-16-12-18(8-9-19(13)16)21-14(2)15-6-4-3-5-7-15/h3-7,10-11,14,18,21H,8-9,12H2,1-2H3/t14-,18-/m0/s1. The maximum atomic E-state index is 3.80. The molecular weight excluding hydrogens is 322 g/mol. The van der Waals surface area contributed by atoms with Gasteiger partial charge in [0, 0.05) is 16.6 Å². The Balaban J connectivity index is 1.72. The molecule has 0 fully saturated rings. The molecule has 0 spiro atoms. The third-order valence-corrected chi connectivity index (χ3v) is 4.98. The number of aryl methyl sites for hydroxylation is 1. The molecule has 2 atom stereocenters. The average Bonchev–Trinajstić information content (AvgIpc) is 2.47. The number of halogens is 1. The summed E-state index contributed by atoms with van der Waals surface area (Å²) >= 11 is 3.63. The molecule has 0 amide bonds. The van der Waals surface area contributed by atoms with E-state index in [1.807, 2.05) is 0 Å². The Morgan fingerprint density at radius 2 is 1.95 bits per heavy atom. The van der Waals surface area contributed by atoms with E-state index in [0.717, 1.165) is 6.42 Å². The smallest absolute Gasteiger partial charge is 0.0294 e. The minimum atomic E-state index is 0.408. The minimum absolute atomic E-state index is 0.408. The minimum Gasteiger partial charge on any atom is -0.307 e. The summed E-state index contributed by atoms with van der Waals surface area (Å²) in [6.07, 6.45) is 3.55. The second-order valence-electron chi connectivity index (χ2n) is 6.10. The predicted octanol–water partition coefficient (Wildman–Crippen LogP) is 4.97. The molecule has 0 radical (unpaired) electrons. The molecule has 1 nitrogen and oxygen atoms in total. The number of benzene rings is 2. The molecule has 1 aliphatic rings. The van der Waals surface area contributed by atoms with Crippen molar-refractivity contribution in [3.05, 3.63) is 69.2 Å². The van der Waals surface area contributed by atoms with Gasteiger partial charge in [0.2, 0.25) is 0 Å². The predicted molar refractivity (Wildman–Crippen MR) is 92.7 cm³/mol. The fraction of sp³-hybridized carbons (Fsp3) is 0.368. The van der Waals surface area contributed by atoms with Crippen LogP contribution >= 0.6 is 15.9 Å². The first kappa shape index (κ1) is 14.8. The van der Waals surface area contributed by atoms with Crippen LogP contribution in [0.4, 0.5) is 0 Å². The summed E-state index contributed by atoms with van der Waals surface area (Å²) < 4.78 is 1.20. The molecular formula is C19H22BrN. The van der Waals surface area contributed by atoms with Crippen LogP contribution in [-0.2, 0) is 12.8 Å². The van der Waals surface area contributed by atoms with Gasteiger partial charge in [-0.15, -0.1) is 0 Å². The fourth-order valence-electron chi connectivity index (χ4n) is 3.40. The third-order valence-electron chi connectivity index (χ3n) is 4.52. The summed E-state index contributed by atoms with van der Waals surface area (Å²) in [5.41, 5.74) is 5.86. The van der Waals surface area contributed by atoms with Gasteiger partial charge in [0.15, 0.2) is 0 Å². The van der Waals surface area contributed by atoms with Crippen LogP contribution in [0.5, 0.6) is 0 Å². The van der Waals surface area contributed by atoms with Gasteiger partial charge in [0.1, 0.15) is 0 Å². The zero-order chi connectivity index (χ0) is 14.8. The summed E-state index contributed by atoms with van der Waals surface area (Å²) in [5, 5.41) is 3.80. The zero-order valence-corrected chi connectivity index (χ0v) is 14.3. The van der Waals surface area contributed by atoms with E-state index in [1.54, 1.807) is 5.56 Å². The van der Waals surface area contributed by atoms with Gasteiger partial charge in [-0.1, -0.05) is 46.3 Å². The second-order valence-corrected chi connectivity index (χ2v) is 7.01. The van der Waals surface area contributed by atoms with Crippen LogP contribution in [0.1, 0.15) is 41.6 Å². The van der Waals surface area contributed by atoms with Crippen LogP contribution in [0.25, 0.3) is 0 Å². The van der Waals surface area contributed by atoms with Crippen molar-refractivity contribution in [2.24, 2.45) is 0 Å². The van der Waals surface area contributed by atoms with Gasteiger partial charge >= 0.3 is 0 Å². The molecule has 110 valence electrons. The lowest BCUT2D eigenvalue weighted by Gasteiger charge is -2.29. The molecule has 1 aliphatic carbocycles. The Morgan fingerprint density at radius 3 is 2.71 bits per heavy atom. The van der Waals surface area contributed by atoms with Gasteiger partial charge in [-0.3, -0.25) is 0 Å². The first-order valence-electron chi connectivity index (χ1n) is 7.72. The zero-order valence-electron chi connectivity index (χ0n) is 12.7. The SMILES string of the molecule is Cc1cc(Br)cc2c1CC[C@H](N[C@@H](C)c1ccccc1)C2. The van der Waals surface area contributed by atoms with E-state index in [1.165, 1.54) is 34.0 Å². The molecule has 2 heteroatoms. The highest BCUT2D eigenvalue weighted by Gasteiger charge is 2.21. The topological polar surface area (TPSA) is 12.0 Å². The van der Waals surface area contributed by atoms with E-state index < -0.39 is 0 Å². The highest BCUT2D eigenvalue weighted by molar-refractivity contribution is 9.10. The van der Waals surface area contributed by atoms with Gasteiger partial charge in [0.25, 0.3) is 0 Å². The number of fused-ring (bicyclic) bond motifs is 1. The first-order valence-corrected chi connectivity index (χ1v) is 8.51. The molecule has 0 aromatic heterocycles. The average molecular weight is 344 g/mol. The van der Waals surface area contributed by atoms with E-state index in [9.17, 15) is 0 Å². The van der Waals surface area contributed by atoms with Crippen molar-refractivity contribution >= 4 is 15.9 Å². The largest absolute Gasteiger partial charge is 0.307 e. The lowest BCUT2D eigenvalue weighted by atomic mass is 9.85. The van der Waals surface area contributed by atoms with Crippen LogP contribution in [-0.4, -0.2) is 6.04 Å². The molecule has 1 N–H and O–H groups in total. The summed E-state index contributed by atoms with van der Waals surface area (Å²) in [6.45, 7) is 4.49. The maximum absolute atomic E-state index is 3.80. The number of rotatable bonds is 3. The van der Waals surface area contributed by atoms with Gasteiger partial charge in [-0.25, -0.2) is 0 Å². The highest BCUT2D eigenvalue weighted by Crippen LogP contribution is 2.29. The first-order chi connectivity index (χ1) is 10.1. The van der Waals surface area contributed by atoms with Gasteiger partial charge in [-0.2, -0.15) is 0 Å². The van der Waals surface area contributed by atoms with E-state index in [4.69, 9.17) is 0 Å². The van der Waals surface area contributed by atoms with Crippen LogP contribution in [0, 0.1) is 6.92 Å². The maximum Gasteiger partial charge on any atom is 0.0294 e. The molecule has 2 aromatic rings. The molecule has 0 aliphatic heterocycles. The summed E-state index contributed by atoms with van der Waals surface area (Å²) in [7, 11) is 0. The molecule has 0 bridgehead atoms. The summed E-state index contributed by atoms with van der Waals surface area (Å²) in [6, 6.07) is 16.2. The lowest BCUT2D eigenvalue weighted by Crippen LogP contribution is -2.36. The molecule has 3 rings (SSSR count). The Hall–Kier alpha value is -1.12. The van der Waals surface area contributed by atoms with Gasteiger partial charge < -0.3 is 5.32 Å². The van der Waals surface area contributed by atoms with Crippen molar-refractivity contribution in [1.29, 1.82) is 0 Å². The van der Waals surface area contributed by atoms with Crippen molar-refractivity contribution in [2.75, 3.05) is 0 Å².